The number of nitrogens with zero attached hydrogens (tertiary/aromatic N) is 2. The fourth-order valence-corrected chi connectivity index (χ4v) is 1.67. The first-order valence-electron chi connectivity index (χ1n) is 5.25. The van der Waals surface area contributed by atoms with Crippen molar-refractivity contribution in [3.05, 3.63) is 12.3 Å². The maximum Gasteiger partial charge on any atom is 0.221 e. The average molecular weight is 208 g/mol. The lowest BCUT2D eigenvalue weighted by atomic mass is 10.0. The summed E-state index contributed by atoms with van der Waals surface area (Å²) in [4.78, 5) is 7.92. The molecule has 1 saturated heterocycles. The van der Waals surface area contributed by atoms with E-state index in [2.05, 4.69) is 15.3 Å². The molecular formula is C10H16N4O. The molecule has 1 aromatic heterocycles. The van der Waals surface area contributed by atoms with Crippen LogP contribution in [0.4, 0.5) is 11.8 Å². The van der Waals surface area contributed by atoms with Gasteiger partial charge in [0.2, 0.25) is 5.95 Å². The fraction of sp³-hybridized carbons (Fsp3) is 0.600. The number of nitrogen functional groups attached to an aromatic ring is 1. The summed E-state index contributed by atoms with van der Waals surface area (Å²) < 4.78 is 5.30. The summed E-state index contributed by atoms with van der Waals surface area (Å²) in [6.45, 7) is 2.68. The summed E-state index contributed by atoms with van der Waals surface area (Å²) in [7, 11) is 0. The normalized spacial score (nSPS) is 17.6. The summed E-state index contributed by atoms with van der Waals surface area (Å²) in [5.41, 5.74) is 5.49. The maximum atomic E-state index is 5.49. The zero-order valence-corrected chi connectivity index (χ0v) is 8.65. The summed E-state index contributed by atoms with van der Waals surface area (Å²) >= 11 is 0. The van der Waals surface area contributed by atoms with Gasteiger partial charge in [0.25, 0.3) is 0 Å². The number of rotatable bonds is 3. The van der Waals surface area contributed by atoms with Crippen molar-refractivity contribution < 1.29 is 4.74 Å². The lowest BCUT2D eigenvalue weighted by Gasteiger charge is -2.22. The lowest BCUT2D eigenvalue weighted by molar-refractivity contribution is 0.0699. The minimum Gasteiger partial charge on any atom is -0.381 e. The second-order valence-corrected chi connectivity index (χ2v) is 3.74. The minimum atomic E-state index is 0.312. The Balaban J connectivity index is 1.81. The topological polar surface area (TPSA) is 73.1 Å². The zero-order valence-electron chi connectivity index (χ0n) is 8.65. The molecule has 2 rings (SSSR count). The van der Waals surface area contributed by atoms with E-state index in [1.165, 1.54) is 0 Å². The van der Waals surface area contributed by atoms with E-state index in [-0.39, 0.29) is 0 Å². The van der Waals surface area contributed by atoms with Crippen molar-refractivity contribution in [3.63, 3.8) is 0 Å². The first kappa shape index (κ1) is 10.2. The van der Waals surface area contributed by atoms with Crippen LogP contribution in [0.1, 0.15) is 12.8 Å². The Morgan fingerprint density at radius 3 is 3.00 bits per heavy atom. The number of aromatic nitrogens is 2. The number of anilines is 2. The van der Waals surface area contributed by atoms with Gasteiger partial charge in [-0.3, -0.25) is 0 Å². The Bertz CT molecular complexity index is 312. The fourth-order valence-electron chi connectivity index (χ4n) is 1.67. The maximum absolute atomic E-state index is 5.49. The molecule has 0 saturated carbocycles. The lowest BCUT2D eigenvalue weighted by Crippen LogP contribution is -2.23. The molecule has 82 valence electrons. The van der Waals surface area contributed by atoms with Crippen molar-refractivity contribution in [2.75, 3.05) is 30.8 Å². The van der Waals surface area contributed by atoms with E-state index in [0.717, 1.165) is 38.4 Å². The van der Waals surface area contributed by atoms with Gasteiger partial charge in [0.1, 0.15) is 5.82 Å². The number of nitrogens with two attached hydrogens (primary N) is 1. The van der Waals surface area contributed by atoms with Gasteiger partial charge in [0.05, 0.1) is 0 Å². The third kappa shape index (κ3) is 3.06. The second kappa shape index (κ2) is 4.93. The van der Waals surface area contributed by atoms with Crippen LogP contribution in [-0.4, -0.2) is 29.7 Å². The Morgan fingerprint density at radius 1 is 1.47 bits per heavy atom. The van der Waals surface area contributed by atoms with Gasteiger partial charge in [-0.15, -0.1) is 0 Å². The summed E-state index contributed by atoms with van der Waals surface area (Å²) in [5, 5.41) is 3.27. The second-order valence-electron chi connectivity index (χ2n) is 3.74. The van der Waals surface area contributed by atoms with E-state index in [1.807, 2.05) is 6.07 Å². The van der Waals surface area contributed by atoms with Gasteiger partial charge >= 0.3 is 0 Å². The van der Waals surface area contributed by atoms with Crippen molar-refractivity contribution in [1.29, 1.82) is 0 Å². The highest BCUT2D eigenvalue weighted by atomic mass is 16.5. The molecule has 5 heteroatoms. The van der Waals surface area contributed by atoms with E-state index in [4.69, 9.17) is 10.5 Å². The van der Waals surface area contributed by atoms with Crippen LogP contribution in [0.2, 0.25) is 0 Å². The molecule has 1 aliphatic rings. The van der Waals surface area contributed by atoms with Gasteiger partial charge in [-0.25, -0.2) is 4.98 Å². The number of hydrogen-bond donors (Lipinski definition) is 2. The average Bonchev–Trinajstić information content (AvgIpc) is 2.28. The molecule has 0 aliphatic carbocycles. The molecule has 2 heterocycles. The Labute approximate surface area is 89.1 Å². The van der Waals surface area contributed by atoms with Crippen molar-refractivity contribution >= 4 is 11.8 Å². The van der Waals surface area contributed by atoms with E-state index < -0.39 is 0 Å². The van der Waals surface area contributed by atoms with Crippen LogP contribution < -0.4 is 11.1 Å². The van der Waals surface area contributed by atoms with Crippen LogP contribution in [0.25, 0.3) is 0 Å². The molecule has 1 aliphatic heterocycles. The molecule has 5 nitrogen and oxygen atoms in total. The summed E-state index contributed by atoms with van der Waals surface area (Å²) in [6.07, 6.45) is 3.90. The van der Waals surface area contributed by atoms with E-state index >= 15 is 0 Å². The van der Waals surface area contributed by atoms with Crippen LogP contribution in [0.3, 0.4) is 0 Å². The van der Waals surface area contributed by atoms with Gasteiger partial charge in [-0.2, -0.15) is 4.98 Å². The van der Waals surface area contributed by atoms with Gasteiger partial charge in [-0.05, 0) is 24.8 Å². The third-order valence-electron chi connectivity index (χ3n) is 2.59. The Kier molecular flexibility index (Phi) is 3.34. The van der Waals surface area contributed by atoms with Crippen LogP contribution >= 0.6 is 0 Å². The Morgan fingerprint density at radius 2 is 2.27 bits per heavy atom. The van der Waals surface area contributed by atoms with E-state index in [1.54, 1.807) is 6.20 Å². The molecular weight excluding hydrogens is 192 g/mol. The minimum absolute atomic E-state index is 0.312. The van der Waals surface area contributed by atoms with Crippen molar-refractivity contribution in [2.45, 2.75) is 12.8 Å². The van der Waals surface area contributed by atoms with Gasteiger partial charge in [0.15, 0.2) is 0 Å². The largest absolute Gasteiger partial charge is 0.381 e. The highest BCUT2D eigenvalue weighted by Gasteiger charge is 2.13. The van der Waals surface area contributed by atoms with Crippen LogP contribution in [0.5, 0.6) is 0 Å². The molecule has 0 radical (unpaired) electrons. The standard InChI is InChI=1S/C10H16N4O/c11-10-12-4-1-9(14-10)13-7-8-2-5-15-6-3-8/h1,4,8H,2-3,5-7H2,(H3,11,12,13,14). The quantitative estimate of drug-likeness (QED) is 0.772. The monoisotopic (exact) mass is 208 g/mol. The number of nitrogens with one attached hydrogen (secondary N) is 1. The predicted octanol–water partition coefficient (Wildman–Crippen LogP) is 0.897. The van der Waals surface area contributed by atoms with Crippen LogP contribution in [0.15, 0.2) is 12.3 Å². The first-order valence-corrected chi connectivity index (χ1v) is 5.25. The molecule has 15 heavy (non-hydrogen) atoms. The van der Waals surface area contributed by atoms with Gasteiger partial charge in [0, 0.05) is 26.0 Å². The van der Waals surface area contributed by atoms with Gasteiger partial charge < -0.3 is 15.8 Å². The summed E-state index contributed by atoms with van der Waals surface area (Å²) in [5.74, 6) is 1.79. The molecule has 0 spiro atoms. The molecule has 1 aromatic rings. The molecule has 1 fully saturated rings. The molecule has 0 amide bonds. The predicted molar refractivity (Wildman–Crippen MR) is 58.5 cm³/mol. The molecule has 0 atom stereocenters. The summed E-state index contributed by atoms with van der Waals surface area (Å²) in [6, 6.07) is 1.83. The van der Waals surface area contributed by atoms with E-state index in [0.29, 0.717) is 11.9 Å². The Hall–Kier alpha value is -1.36. The molecule has 0 unspecified atom stereocenters. The first-order chi connectivity index (χ1) is 7.34. The zero-order chi connectivity index (χ0) is 10.5. The third-order valence-corrected chi connectivity index (χ3v) is 2.59. The van der Waals surface area contributed by atoms with Gasteiger partial charge in [-0.1, -0.05) is 0 Å². The molecule has 3 N–H and O–H groups in total. The van der Waals surface area contributed by atoms with Crippen molar-refractivity contribution in [1.82, 2.24) is 9.97 Å². The highest BCUT2D eigenvalue weighted by molar-refractivity contribution is 5.37. The number of hydrogen-bond acceptors (Lipinski definition) is 5. The van der Waals surface area contributed by atoms with Crippen LogP contribution in [-0.2, 0) is 4.74 Å². The smallest absolute Gasteiger partial charge is 0.221 e. The van der Waals surface area contributed by atoms with E-state index in [9.17, 15) is 0 Å². The number of ether oxygens (including phenoxy) is 1. The molecule has 0 bridgehead atoms. The van der Waals surface area contributed by atoms with Crippen LogP contribution in [0, 0.1) is 5.92 Å². The SMILES string of the molecule is Nc1nccc(NCC2CCOCC2)n1. The highest BCUT2D eigenvalue weighted by Crippen LogP contribution is 2.15. The van der Waals surface area contributed by atoms with Crippen molar-refractivity contribution in [3.8, 4) is 0 Å². The molecule has 0 aromatic carbocycles. The van der Waals surface area contributed by atoms with Crippen molar-refractivity contribution in [2.24, 2.45) is 5.92 Å².